The van der Waals surface area contributed by atoms with Gasteiger partial charge in [0.25, 0.3) is 0 Å². The summed E-state index contributed by atoms with van der Waals surface area (Å²) < 4.78 is 5.11. The summed E-state index contributed by atoms with van der Waals surface area (Å²) in [6.45, 7) is 0. The second kappa shape index (κ2) is 4.53. The second-order valence-electron chi connectivity index (χ2n) is 3.12. The standard InChI is InChI=1S/C12H10N2O2/c1-16-12-11(13-6-7-14-12)10-5-3-2-4-9(10)8-15/h2-8H,1H3. The molecule has 4 heteroatoms. The van der Waals surface area contributed by atoms with E-state index in [-0.39, 0.29) is 0 Å². The lowest BCUT2D eigenvalue weighted by Crippen LogP contribution is -1.96. The Morgan fingerprint density at radius 1 is 1.19 bits per heavy atom. The highest BCUT2D eigenvalue weighted by Gasteiger charge is 2.11. The number of aromatic nitrogens is 2. The molecule has 4 nitrogen and oxygen atoms in total. The topological polar surface area (TPSA) is 52.1 Å². The minimum absolute atomic E-state index is 0.414. The van der Waals surface area contributed by atoms with Crippen molar-refractivity contribution in [3.63, 3.8) is 0 Å². The highest BCUT2D eigenvalue weighted by atomic mass is 16.5. The van der Waals surface area contributed by atoms with Crippen molar-refractivity contribution in [2.45, 2.75) is 0 Å². The van der Waals surface area contributed by atoms with Crippen molar-refractivity contribution in [2.75, 3.05) is 7.11 Å². The van der Waals surface area contributed by atoms with Gasteiger partial charge in [-0.3, -0.25) is 4.79 Å². The third kappa shape index (κ3) is 1.77. The van der Waals surface area contributed by atoms with Crippen molar-refractivity contribution in [3.8, 4) is 17.1 Å². The summed E-state index contributed by atoms with van der Waals surface area (Å²) in [6, 6.07) is 7.19. The van der Waals surface area contributed by atoms with Gasteiger partial charge in [0, 0.05) is 23.5 Å². The Bertz CT molecular complexity index is 512. The van der Waals surface area contributed by atoms with Crippen LogP contribution in [0.2, 0.25) is 0 Å². The zero-order valence-electron chi connectivity index (χ0n) is 8.75. The molecule has 0 atom stereocenters. The lowest BCUT2D eigenvalue weighted by Gasteiger charge is -2.07. The summed E-state index contributed by atoms with van der Waals surface area (Å²) in [6.07, 6.45) is 3.91. The summed E-state index contributed by atoms with van der Waals surface area (Å²) in [5.74, 6) is 0.414. The van der Waals surface area contributed by atoms with E-state index in [2.05, 4.69) is 9.97 Å². The van der Waals surface area contributed by atoms with Crippen LogP contribution in [0.5, 0.6) is 5.88 Å². The summed E-state index contributed by atoms with van der Waals surface area (Å²) in [5, 5.41) is 0. The number of nitrogens with zero attached hydrogens (tertiary/aromatic N) is 2. The van der Waals surface area contributed by atoms with Crippen molar-refractivity contribution in [1.29, 1.82) is 0 Å². The largest absolute Gasteiger partial charge is 0.479 e. The fraction of sp³-hybridized carbons (Fsp3) is 0.0833. The van der Waals surface area contributed by atoms with Crippen LogP contribution in [0.3, 0.4) is 0 Å². The van der Waals surface area contributed by atoms with Gasteiger partial charge in [0.1, 0.15) is 5.69 Å². The molecule has 0 bridgehead atoms. The van der Waals surface area contributed by atoms with E-state index in [0.29, 0.717) is 17.1 Å². The lowest BCUT2D eigenvalue weighted by atomic mass is 10.1. The normalized spacial score (nSPS) is 9.81. The quantitative estimate of drug-likeness (QED) is 0.733. The number of rotatable bonds is 3. The first-order chi connectivity index (χ1) is 7.86. The first-order valence-corrected chi connectivity index (χ1v) is 4.76. The SMILES string of the molecule is COc1nccnc1-c1ccccc1C=O. The summed E-state index contributed by atoms with van der Waals surface area (Å²) in [5.41, 5.74) is 1.87. The molecule has 0 spiro atoms. The van der Waals surface area contributed by atoms with Crippen molar-refractivity contribution in [2.24, 2.45) is 0 Å². The Morgan fingerprint density at radius 3 is 2.69 bits per heavy atom. The number of methoxy groups -OCH3 is 1. The summed E-state index contributed by atoms with van der Waals surface area (Å²) in [7, 11) is 1.52. The molecule has 0 saturated carbocycles. The van der Waals surface area contributed by atoms with Gasteiger partial charge < -0.3 is 4.74 Å². The van der Waals surface area contributed by atoms with Gasteiger partial charge in [-0.15, -0.1) is 0 Å². The number of carbonyl (C=O) groups excluding carboxylic acids is 1. The van der Waals surface area contributed by atoms with E-state index >= 15 is 0 Å². The minimum atomic E-state index is 0.414. The van der Waals surface area contributed by atoms with Crippen molar-refractivity contribution in [3.05, 3.63) is 42.2 Å². The van der Waals surface area contributed by atoms with Crippen molar-refractivity contribution >= 4 is 6.29 Å². The number of aldehydes is 1. The van der Waals surface area contributed by atoms with Gasteiger partial charge in [-0.1, -0.05) is 24.3 Å². The first-order valence-electron chi connectivity index (χ1n) is 4.76. The van der Waals surface area contributed by atoms with E-state index in [0.717, 1.165) is 11.8 Å². The molecule has 0 fully saturated rings. The Hall–Kier alpha value is -2.23. The highest BCUT2D eigenvalue weighted by molar-refractivity contribution is 5.87. The van der Waals surface area contributed by atoms with Crippen LogP contribution in [0.25, 0.3) is 11.3 Å². The van der Waals surface area contributed by atoms with Crippen LogP contribution in [0.15, 0.2) is 36.7 Å². The Labute approximate surface area is 92.9 Å². The summed E-state index contributed by atoms with van der Waals surface area (Å²) >= 11 is 0. The van der Waals surface area contributed by atoms with E-state index < -0.39 is 0 Å². The maximum Gasteiger partial charge on any atom is 0.240 e. The molecule has 16 heavy (non-hydrogen) atoms. The zero-order chi connectivity index (χ0) is 11.4. The molecule has 0 aliphatic rings. The Kier molecular flexibility index (Phi) is 2.91. The smallest absolute Gasteiger partial charge is 0.240 e. The molecule has 1 aromatic heterocycles. The number of hydrogen-bond acceptors (Lipinski definition) is 4. The van der Waals surface area contributed by atoms with Crippen LogP contribution in [0, 0.1) is 0 Å². The molecule has 0 radical (unpaired) electrons. The van der Waals surface area contributed by atoms with Gasteiger partial charge in [-0.05, 0) is 0 Å². The van der Waals surface area contributed by atoms with E-state index in [9.17, 15) is 4.79 Å². The van der Waals surface area contributed by atoms with Crippen LogP contribution < -0.4 is 4.74 Å². The molecule has 1 heterocycles. The van der Waals surface area contributed by atoms with Crippen LogP contribution in [0.4, 0.5) is 0 Å². The maximum atomic E-state index is 10.9. The van der Waals surface area contributed by atoms with Crippen LogP contribution in [0.1, 0.15) is 10.4 Å². The predicted molar refractivity (Wildman–Crippen MR) is 59.4 cm³/mol. The summed E-state index contributed by atoms with van der Waals surface area (Å²) in [4.78, 5) is 19.1. The number of carbonyl (C=O) groups is 1. The second-order valence-corrected chi connectivity index (χ2v) is 3.12. The van der Waals surface area contributed by atoms with Gasteiger partial charge in [-0.25, -0.2) is 9.97 Å². The van der Waals surface area contributed by atoms with Gasteiger partial charge in [0.2, 0.25) is 5.88 Å². The monoisotopic (exact) mass is 214 g/mol. The molecular weight excluding hydrogens is 204 g/mol. The Morgan fingerprint density at radius 2 is 1.94 bits per heavy atom. The number of benzene rings is 1. The number of hydrogen-bond donors (Lipinski definition) is 0. The van der Waals surface area contributed by atoms with Crippen LogP contribution >= 0.6 is 0 Å². The average Bonchev–Trinajstić information content (AvgIpc) is 2.38. The molecule has 0 aliphatic heterocycles. The molecule has 0 amide bonds. The molecule has 0 aliphatic carbocycles. The van der Waals surface area contributed by atoms with E-state index in [1.54, 1.807) is 24.5 Å². The third-order valence-corrected chi connectivity index (χ3v) is 2.20. The maximum absolute atomic E-state index is 10.9. The molecule has 2 rings (SSSR count). The van der Waals surface area contributed by atoms with Gasteiger partial charge in [0.05, 0.1) is 7.11 Å². The van der Waals surface area contributed by atoms with Crippen LogP contribution in [-0.2, 0) is 0 Å². The fourth-order valence-corrected chi connectivity index (χ4v) is 1.47. The van der Waals surface area contributed by atoms with E-state index in [1.807, 2.05) is 12.1 Å². The Balaban J connectivity index is 2.62. The molecule has 0 N–H and O–H groups in total. The molecule has 1 aromatic carbocycles. The molecule has 2 aromatic rings. The van der Waals surface area contributed by atoms with E-state index in [1.165, 1.54) is 7.11 Å². The van der Waals surface area contributed by atoms with Crippen molar-refractivity contribution in [1.82, 2.24) is 9.97 Å². The molecule has 0 saturated heterocycles. The van der Waals surface area contributed by atoms with Gasteiger partial charge >= 0.3 is 0 Å². The number of ether oxygens (including phenoxy) is 1. The zero-order valence-corrected chi connectivity index (χ0v) is 8.75. The third-order valence-electron chi connectivity index (χ3n) is 2.20. The van der Waals surface area contributed by atoms with Gasteiger partial charge in [-0.2, -0.15) is 0 Å². The van der Waals surface area contributed by atoms with Crippen LogP contribution in [-0.4, -0.2) is 23.4 Å². The first kappa shape index (κ1) is 10.3. The average molecular weight is 214 g/mol. The molecule has 80 valence electrons. The molecular formula is C12H10N2O2. The van der Waals surface area contributed by atoms with Gasteiger partial charge in [0.15, 0.2) is 6.29 Å². The van der Waals surface area contributed by atoms with E-state index in [4.69, 9.17) is 4.74 Å². The highest BCUT2D eigenvalue weighted by Crippen LogP contribution is 2.27. The van der Waals surface area contributed by atoms with Crippen molar-refractivity contribution < 1.29 is 9.53 Å². The minimum Gasteiger partial charge on any atom is -0.479 e. The molecule has 0 unspecified atom stereocenters. The predicted octanol–water partition coefficient (Wildman–Crippen LogP) is 1.96. The fourth-order valence-electron chi connectivity index (χ4n) is 1.47. The lowest BCUT2D eigenvalue weighted by molar-refractivity contribution is 0.112.